The number of carbonyl (C=O) groups is 2. The Morgan fingerprint density at radius 3 is 2.36 bits per heavy atom. The molecule has 1 amide bonds. The molecule has 2 aromatic carbocycles. The van der Waals surface area contributed by atoms with Crippen molar-refractivity contribution in [1.82, 2.24) is 10.3 Å². The predicted octanol–water partition coefficient (Wildman–Crippen LogP) is 1.59. The van der Waals surface area contributed by atoms with E-state index in [0.717, 1.165) is 5.56 Å². The molecule has 0 unspecified atom stereocenters. The fraction of sp³-hybridized carbons (Fsp3) is 0.176. The van der Waals surface area contributed by atoms with Gasteiger partial charge in [0.05, 0.1) is 4.90 Å². The average Bonchev–Trinajstić information content (AvgIpc) is 2.58. The molecule has 7 nitrogen and oxygen atoms in total. The maximum atomic E-state index is 12.1. The van der Waals surface area contributed by atoms with Crippen molar-refractivity contribution in [3.63, 3.8) is 0 Å². The number of nitrogens with one attached hydrogen (secondary N) is 2. The number of hydrogen-bond acceptors (Lipinski definition) is 5. The fourth-order valence-corrected chi connectivity index (χ4v) is 2.80. The maximum absolute atomic E-state index is 12.1. The second-order valence-electron chi connectivity index (χ2n) is 5.34. The van der Waals surface area contributed by atoms with Gasteiger partial charge in [0, 0.05) is 5.56 Å². The monoisotopic (exact) mass is 362 g/mol. The Labute approximate surface area is 146 Å². The lowest BCUT2D eigenvalue weighted by molar-refractivity contribution is -0.123. The Bertz CT molecular complexity index is 876. The second kappa shape index (κ2) is 7.91. The van der Waals surface area contributed by atoms with Crippen molar-refractivity contribution in [2.24, 2.45) is 0 Å². The molecule has 0 atom stereocenters. The number of hydrazine groups is 1. The van der Waals surface area contributed by atoms with Gasteiger partial charge in [0.2, 0.25) is 0 Å². The van der Waals surface area contributed by atoms with E-state index < -0.39 is 15.9 Å². The van der Waals surface area contributed by atoms with E-state index in [1.165, 1.54) is 31.2 Å². The summed E-state index contributed by atoms with van der Waals surface area (Å²) < 4.78 is 29.4. The van der Waals surface area contributed by atoms with Crippen LogP contribution in [0, 0.1) is 6.92 Å². The molecule has 132 valence electrons. The van der Waals surface area contributed by atoms with E-state index >= 15 is 0 Å². The Morgan fingerprint density at radius 1 is 1.08 bits per heavy atom. The van der Waals surface area contributed by atoms with Crippen LogP contribution in [0.4, 0.5) is 0 Å². The summed E-state index contributed by atoms with van der Waals surface area (Å²) in [5, 5.41) is 0. The zero-order valence-corrected chi connectivity index (χ0v) is 14.6. The third kappa shape index (κ3) is 5.40. The van der Waals surface area contributed by atoms with Gasteiger partial charge in [-0.3, -0.25) is 15.0 Å². The standard InChI is InChI=1S/C17H18N2O5S/c1-12-4-3-5-15(10-12)24-11-17(21)18-19-25(22,23)16-8-6-14(7-9-16)13(2)20/h3-10,19H,11H2,1-2H3,(H,18,21). The number of hydrogen-bond donors (Lipinski definition) is 2. The number of ether oxygens (including phenoxy) is 1. The fourth-order valence-electron chi connectivity index (χ4n) is 1.94. The average molecular weight is 362 g/mol. The Balaban J connectivity index is 1.90. The number of sulfonamides is 1. The van der Waals surface area contributed by atoms with Gasteiger partial charge in [-0.05, 0) is 43.7 Å². The normalized spacial score (nSPS) is 11.0. The van der Waals surface area contributed by atoms with Gasteiger partial charge in [-0.1, -0.05) is 24.3 Å². The van der Waals surface area contributed by atoms with Crippen molar-refractivity contribution in [2.45, 2.75) is 18.7 Å². The highest BCUT2D eigenvalue weighted by atomic mass is 32.2. The Morgan fingerprint density at radius 2 is 1.76 bits per heavy atom. The first-order valence-corrected chi connectivity index (χ1v) is 8.87. The highest BCUT2D eigenvalue weighted by molar-refractivity contribution is 7.89. The minimum Gasteiger partial charge on any atom is -0.484 e. The van der Waals surface area contributed by atoms with Crippen molar-refractivity contribution < 1.29 is 22.7 Å². The van der Waals surface area contributed by atoms with Crippen molar-refractivity contribution in [3.05, 3.63) is 59.7 Å². The van der Waals surface area contributed by atoms with E-state index in [1.54, 1.807) is 18.2 Å². The van der Waals surface area contributed by atoms with Crippen LogP contribution in [-0.2, 0) is 14.8 Å². The number of rotatable bonds is 7. The molecular weight excluding hydrogens is 344 g/mol. The van der Waals surface area contributed by atoms with Gasteiger partial charge >= 0.3 is 0 Å². The van der Waals surface area contributed by atoms with Crippen LogP contribution in [0.15, 0.2) is 53.4 Å². The van der Waals surface area contributed by atoms with E-state index in [-0.39, 0.29) is 17.3 Å². The molecule has 0 bridgehead atoms. The minimum absolute atomic E-state index is 0.0718. The first kappa shape index (κ1) is 18.6. The molecule has 0 aliphatic rings. The summed E-state index contributed by atoms with van der Waals surface area (Å²) in [6.45, 7) is 2.93. The van der Waals surface area contributed by atoms with Crippen molar-refractivity contribution >= 4 is 21.7 Å². The quantitative estimate of drug-likeness (QED) is 0.575. The number of carbonyl (C=O) groups excluding carboxylic acids is 2. The molecule has 0 aliphatic heterocycles. The van der Waals surface area contributed by atoms with Crippen molar-refractivity contribution in [1.29, 1.82) is 0 Å². The summed E-state index contributed by atoms with van der Waals surface area (Å²) in [6.07, 6.45) is 0. The van der Waals surface area contributed by atoms with Crippen molar-refractivity contribution in [3.8, 4) is 5.75 Å². The molecule has 0 saturated heterocycles. The lowest BCUT2D eigenvalue weighted by atomic mass is 10.2. The van der Waals surface area contributed by atoms with E-state index in [1.807, 2.05) is 17.8 Å². The third-order valence-corrected chi connectivity index (χ3v) is 4.52. The van der Waals surface area contributed by atoms with Crippen LogP contribution in [0.25, 0.3) is 0 Å². The largest absolute Gasteiger partial charge is 0.484 e. The third-order valence-electron chi connectivity index (χ3n) is 3.26. The van der Waals surface area contributed by atoms with Crippen LogP contribution in [0.1, 0.15) is 22.8 Å². The molecule has 2 N–H and O–H groups in total. The van der Waals surface area contributed by atoms with Crippen LogP contribution in [0.2, 0.25) is 0 Å². The van der Waals surface area contributed by atoms with Gasteiger partial charge in [-0.15, -0.1) is 4.83 Å². The minimum atomic E-state index is -3.94. The molecular formula is C17H18N2O5S. The smallest absolute Gasteiger partial charge is 0.272 e. The van der Waals surface area contributed by atoms with Crippen molar-refractivity contribution in [2.75, 3.05) is 6.61 Å². The number of aryl methyl sites for hydroxylation is 1. The molecule has 0 heterocycles. The van der Waals surface area contributed by atoms with E-state index in [0.29, 0.717) is 11.3 Å². The molecule has 0 spiro atoms. The number of amides is 1. The van der Waals surface area contributed by atoms with Gasteiger partial charge in [-0.2, -0.15) is 0 Å². The van der Waals surface area contributed by atoms with Crippen LogP contribution >= 0.6 is 0 Å². The van der Waals surface area contributed by atoms with Crippen LogP contribution in [0.5, 0.6) is 5.75 Å². The topological polar surface area (TPSA) is 102 Å². The summed E-state index contributed by atoms with van der Waals surface area (Å²) in [7, 11) is -3.94. The maximum Gasteiger partial charge on any atom is 0.272 e. The Hall–Kier alpha value is -2.71. The molecule has 2 aromatic rings. The number of benzene rings is 2. The van der Waals surface area contributed by atoms with Gasteiger partial charge in [0.1, 0.15) is 5.75 Å². The second-order valence-corrected chi connectivity index (χ2v) is 7.02. The number of ketones is 1. The first-order chi connectivity index (χ1) is 11.8. The SMILES string of the molecule is CC(=O)c1ccc(S(=O)(=O)NNC(=O)COc2cccc(C)c2)cc1. The summed E-state index contributed by atoms with van der Waals surface area (Å²) >= 11 is 0. The Kier molecular flexibility index (Phi) is 5.89. The van der Waals surface area contributed by atoms with Crippen LogP contribution in [-0.4, -0.2) is 26.7 Å². The zero-order valence-electron chi connectivity index (χ0n) is 13.8. The van der Waals surface area contributed by atoms with E-state index in [4.69, 9.17) is 4.74 Å². The molecule has 8 heteroatoms. The summed E-state index contributed by atoms with van der Waals surface area (Å²) in [5.74, 6) is -0.304. The first-order valence-electron chi connectivity index (χ1n) is 7.39. The lowest BCUT2D eigenvalue weighted by Crippen LogP contribution is -2.43. The molecule has 0 aliphatic carbocycles. The zero-order chi connectivity index (χ0) is 18.4. The van der Waals surface area contributed by atoms with Gasteiger partial charge in [0.25, 0.3) is 15.9 Å². The predicted molar refractivity (Wildman–Crippen MR) is 91.6 cm³/mol. The summed E-state index contributed by atoms with van der Waals surface area (Å²) in [4.78, 5) is 24.8. The van der Waals surface area contributed by atoms with E-state index in [2.05, 4.69) is 5.43 Å². The molecule has 0 saturated carbocycles. The summed E-state index contributed by atoms with van der Waals surface area (Å²) in [5.41, 5.74) is 3.45. The number of Topliss-reactive ketones (excluding diaryl/α,β-unsaturated/α-hetero) is 1. The van der Waals surface area contributed by atoms with Gasteiger partial charge in [-0.25, -0.2) is 8.42 Å². The van der Waals surface area contributed by atoms with Gasteiger partial charge < -0.3 is 4.74 Å². The van der Waals surface area contributed by atoms with Crippen LogP contribution < -0.4 is 15.0 Å². The van der Waals surface area contributed by atoms with Gasteiger partial charge in [0.15, 0.2) is 12.4 Å². The highest BCUT2D eigenvalue weighted by Crippen LogP contribution is 2.12. The molecule has 2 rings (SSSR count). The molecule has 25 heavy (non-hydrogen) atoms. The summed E-state index contributed by atoms with van der Waals surface area (Å²) in [6, 6.07) is 12.5. The van der Waals surface area contributed by atoms with E-state index in [9.17, 15) is 18.0 Å². The lowest BCUT2D eigenvalue weighted by Gasteiger charge is -2.10. The molecule has 0 radical (unpaired) electrons. The highest BCUT2D eigenvalue weighted by Gasteiger charge is 2.15. The van der Waals surface area contributed by atoms with Crippen LogP contribution in [0.3, 0.4) is 0 Å². The molecule has 0 aromatic heterocycles. The molecule has 0 fully saturated rings.